The van der Waals surface area contributed by atoms with Crippen LogP contribution in [-0.4, -0.2) is 61.7 Å². The Labute approximate surface area is 325 Å². The van der Waals surface area contributed by atoms with Gasteiger partial charge in [-0.05, 0) is 55.0 Å². The minimum absolute atomic E-state index is 0.0484. The quantitative estimate of drug-likeness (QED) is 0.0654. The third-order valence-electron chi connectivity index (χ3n) is 7.63. The molecule has 0 aliphatic heterocycles. The van der Waals surface area contributed by atoms with Crippen molar-refractivity contribution in [1.29, 1.82) is 0 Å². The molecule has 0 bridgehead atoms. The fourth-order valence-corrected chi connectivity index (χ4v) is 5.02. The number of halogens is 4. The number of anilines is 1. The first-order chi connectivity index (χ1) is 26.9. The van der Waals surface area contributed by atoms with E-state index < -0.39 is 23.8 Å². The van der Waals surface area contributed by atoms with Crippen molar-refractivity contribution >= 4 is 40.8 Å². The van der Waals surface area contributed by atoms with E-state index >= 15 is 0 Å². The number of hydroxylamine groups is 1. The smallest absolute Gasteiger partial charge is 0.438 e. The molecule has 0 aliphatic carbocycles. The lowest BCUT2D eigenvalue weighted by molar-refractivity contribution is -0.137. The molecular weight excluding hydrogens is 759 g/mol. The topological polar surface area (TPSA) is 135 Å². The number of oxime groups is 2. The van der Waals surface area contributed by atoms with Crippen molar-refractivity contribution in [2.24, 2.45) is 10.3 Å². The molecule has 0 spiro atoms. The molecule has 0 atom stereocenters. The van der Waals surface area contributed by atoms with Crippen LogP contribution in [0.5, 0.6) is 5.88 Å². The summed E-state index contributed by atoms with van der Waals surface area (Å²) in [5.41, 5.74) is 2.86. The number of aromatic nitrogens is 2. The predicted molar refractivity (Wildman–Crippen MR) is 202 cm³/mol. The van der Waals surface area contributed by atoms with Crippen LogP contribution in [0, 0.1) is 0 Å². The van der Waals surface area contributed by atoms with Gasteiger partial charge in [-0.25, -0.2) is 14.3 Å². The first-order valence-corrected chi connectivity index (χ1v) is 16.8. The normalized spacial score (nSPS) is 11.5. The molecule has 56 heavy (non-hydrogen) atoms. The number of esters is 1. The summed E-state index contributed by atoms with van der Waals surface area (Å²) in [5, 5.41) is 13.7. The minimum atomic E-state index is -4.44. The van der Waals surface area contributed by atoms with E-state index in [4.69, 9.17) is 40.3 Å². The standard InChI is InChI=1S/C20H19F3N2O4.C19H18ClN3O4/c1-13(14-8-6-9-16(11-14)20(21,22)23)24-29-12-15-7-4-5-10-17(15)18(25-28-3)19(26)27-2;1-25-19(24)23(26-2)17-6-4-3-5-14(17)13-27-18-11-12-22(21-18)16-9-7-15(20)8-10-16/h4-11H,12H2,1-3H3;3-12H,13H2,1-2H3/b24-13+,25-18+;. The molecule has 1 heterocycles. The van der Waals surface area contributed by atoms with Crippen LogP contribution in [0.25, 0.3) is 5.69 Å². The number of hydrogen-bond acceptors (Lipinski definition) is 11. The minimum Gasteiger partial charge on any atom is -0.472 e. The van der Waals surface area contributed by atoms with Gasteiger partial charge in [-0.15, -0.1) is 5.10 Å². The zero-order valence-corrected chi connectivity index (χ0v) is 31.6. The van der Waals surface area contributed by atoms with Crippen molar-refractivity contribution in [2.45, 2.75) is 26.3 Å². The number of carbonyl (C=O) groups excluding carboxylic acids is 2. The number of alkyl halides is 3. The highest BCUT2D eigenvalue weighted by Crippen LogP contribution is 2.30. The Morgan fingerprint density at radius 2 is 1.52 bits per heavy atom. The molecular formula is C39H37ClF3N5O8. The van der Waals surface area contributed by atoms with E-state index in [0.717, 1.165) is 28.4 Å². The molecule has 0 unspecified atom stereocenters. The Morgan fingerprint density at radius 1 is 0.821 bits per heavy atom. The Bertz CT molecular complexity index is 2140. The number of nitrogens with zero attached hydrogens (tertiary/aromatic N) is 5. The molecule has 0 aliphatic rings. The molecule has 13 nitrogen and oxygen atoms in total. The second-order valence-corrected chi connectivity index (χ2v) is 11.7. The lowest BCUT2D eigenvalue weighted by atomic mass is 10.0. The van der Waals surface area contributed by atoms with Gasteiger partial charge in [0.25, 0.3) is 0 Å². The number of ether oxygens (including phenoxy) is 3. The fraction of sp³-hybridized carbons (Fsp3) is 0.205. The van der Waals surface area contributed by atoms with Gasteiger partial charge in [-0.3, -0.25) is 4.84 Å². The molecule has 0 N–H and O–H groups in total. The highest BCUT2D eigenvalue weighted by Gasteiger charge is 2.30. The van der Waals surface area contributed by atoms with E-state index in [1.54, 1.807) is 65.5 Å². The monoisotopic (exact) mass is 795 g/mol. The molecule has 0 saturated heterocycles. The maximum atomic E-state index is 12.9. The van der Waals surface area contributed by atoms with Crippen molar-refractivity contribution in [1.82, 2.24) is 9.78 Å². The van der Waals surface area contributed by atoms with Crippen LogP contribution in [0.3, 0.4) is 0 Å². The van der Waals surface area contributed by atoms with Gasteiger partial charge in [0, 0.05) is 34.0 Å². The van der Waals surface area contributed by atoms with Crippen LogP contribution in [0.4, 0.5) is 23.7 Å². The van der Waals surface area contributed by atoms with Crippen LogP contribution < -0.4 is 9.80 Å². The Morgan fingerprint density at radius 3 is 2.18 bits per heavy atom. The van der Waals surface area contributed by atoms with Gasteiger partial charge >= 0.3 is 18.2 Å². The lowest BCUT2D eigenvalue weighted by Crippen LogP contribution is -2.30. The van der Waals surface area contributed by atoms with Crippen molar-refractivity contribution in [2.75, 3.05) is 33.5 Å². The number of methoxy groups -OCH3 is 2. The molecule has 0 radical (unpaired) electrons. The molecule has 1 amide bonds. The first kappa shape index (κ1) is 42.4. The molecule has 294 valence electrons. The Balaban J connectivity index is 0.000000249. The summed E-state index contributed by atoms with van der Waals surface area (Å²) < 4.78 is 55.5. The predicted octanol–water partition coefficient (Wildman–Crippen LogP) is 8.41. The van der Waals surface area contributed by atoms with Crippen LogP contribution in [0.15, 0.2) is 120 Å². The second-order valence-electron chi connectivity index (χ2n) is 11.2. The fourth-order valence-electron chi connectivity index (χ4n) is 4.89. The summed E-state index contributed by atoms with van der Waals surface area (Å²) in [6, 6.07) is 27.8. The number of benzene rings is 4. The van der Waals surface area contributed by atoms with E-state index in [1.807, 2.05) is 24.3 Å². The van der Waals surface area contributed by atoms with Crippen molar-refractivity contribution in [3.8, 4) is 11.6 Å². The van der Waals surface area contributed by atoms with Crippen LogP contribution in [-0.2, 0) is 48.2 Å². The van der Waals surface area contributed by atoms with Crippen molar-refractivity contribution in [3.05, 3.63) is 142 Å². The van der Waals surface area contributed by atoms with E-state index in [-0.39, 0.29) is 30.2 Å². The van der Waals surface area contributed by atoms with Gasteiger partial charge in [0.05, 0.1) is 44.0 Å². The van der Waals surface area contributed by atoms with Crippen molar-refractivity contribution in [3.63, 3.8) is 0 Å². The molecule has 0 fully saturated rings. The van der Waals surface area contributed by atoms with Gasteiger partial charge in [0.2, 0.25) is 5.88 Å². The van der Waals surface area contributed by atoms with E-state index in [9.17, 15) is 22.8 Å². The molecule has 1 aromatic heterocycles. The molecule has 4 aromatic carbocycles. The third kappa shape index (κ3) is 11.6. The first-order valence-electron chi connectivity index (χ1n) is 16.5. The van der Waals surface area contributed by atoms with Crippen LogP contribution in [0.2, 0.25) is 5.02 Å². The lowest BCUT2D eigenvalue weighted by Gasteiger charge is -2.20. The summed E-state index contributed by atoms with van der Waals surface area (Å²) in [4.78, 5) is 38.9. The molecule has 5 aromatic rings. The van der Waals surface area contributed by atoms with Crippen molar-refractivity contribution < 1.29 is 51.5 Å². The highest BCUT2D eigenvalue weighted by molar-refractivity contribution is 6.43. The number of para-hydroxylation sites is 1. The van der Waals surface area contributed by atoms with Gasteiger partial charge in [-0.1, -0.05) is 76.5 Å². The van der Waals surface area contributed by atoms with E-state index in [0.29, 0.717) is 27.7 Å². The molecule has 17 heteroatoms. The Hall–Kier alpha value is -6.39. The van der Waals surface area contributed by atoms with Gasteiger partial charge in [0.1, 0.15) is 20.3 Å². The van der Waals surface area contributed by atoms with Gasteiger partial charge in [-0.2, -0.15) is 18.2 Å². The second kappa shape index (κ2) is 20.3. The van der Waals surface area contributed by atoms with Gasteiger partial charge in [0.15, 0.2) is 5.71 Å². The maximum absolute atomic E-state index is 12.9. The van der Waals surface area contributed by atoms with Gasteiger partial charge < -0.3 is 23.9 Å². The average molecular weight is 796 g/mol. The number of amides is 1. The number of hydrogen-bond donors (Lipinski definition) is 0. The largest absolute Gasteiger partial charge is 0.472 e. The van der Waals surface area contributed by atoms with E-state index in [1.165, 1.54) is 47.5 Å². The molecule has 5 rings (SSSR count). The molecule has 0 saturated carbocycles. The highest BCUT2D eigenvalue weighted by atomic mass is 35.5. The maximum Gasteiger partial charge on any atom is 0.438 e. The summed E-state index contributed by atoms with van der Waals surface area (Å²) in [7, 11) is 5.19. The SMILES string of the molecule is CO/N=C(/C(=O)OC)c1ccccc1CO/N=C(\C)c1cccc(C(F)(F)F)c1.COC(=O)N(OC)c1ccccc1COc1ccn(-c2ccc(Cl)cc2)n1. The zero-order chi connectivity index (χ0) is 40.7. The number of rotatable bonds is 13. The summed E-state index contributed by atoms with van der Waals surface area (Å²) in [6.07, 6.45) is -3.28. The average Bonchev–Trinajstić information content (AvgIpc) is 3.69. The summed E-state index contributed by atoms with van der Waals surface area (Å²) in [5.74, 6) is -0.246. The zero-order valence-electron chi connectivity index (χ0n) is 30.8. The third-order valence-corrected chi connectivity index (χ3v) is 7.88. The van der Waals surface area contributed by atoms with Crippen LogP contribution in [0.1, 0.15) is 34.7 Å². The summed E-state index contributed by atoms with van der Waals surface area (Å²) in [6.45, 7) is 1.69. The number of carbonyl (C=O) groups is 2. The Kier molecular flexibility index (Phi) is 15.4. The van der Waals surface area contributed by atoms with Crippen LogP contribution >= 0.6 is 11.6 Å². The van der Waals surface area contributed by atoms with E-state index in [2.05, 4.69) is 15.4 Å². The summed E-state index contributed by atoms with van der Waals surface area (Å²) >= 11 is 5.91.